The van der Waals surface area contributed by atoms with Gasteiger partial charge in [-0.2, -0.15) is 0 Å². The molecule has 2 aliphatic rings. The summed E-state index contributed by atoms with van der Waals surface area (Å²) in [7, 11) is 0. The van der Waals surface area contributed by atoms with Gasteiger partial charge in [-0.25, -0.2) is 0 Å². The molecule has 1 fully saturated rings. The van der Waals surface area contributed by atoms with Gasteiger partial charge in [0, 0.05) is 37.2 Å². The number of carbonyl (C=O) groups excluding carboxylic acids is 3. The van der Waals surface area contributed by atoms with Crippen LogP contribution in [0.4, 0.5) is 0 Å². The lowest BCUT2D eigenvalue weighted by atomic mass is 10.0. The summed E-state index contributed by atoms with van der Waals surface area (Å²) >= 11 is 0. The molecule has 0 saturated carbocycles. The molecule has 0 radical (unpaired) electrons. The Labute approximate surface area is 146 Å². The first-order chi connectivity index (χ1) is 11.9. The monoisotopic (exact) mass is 344 g/mol. The van der Waals surface area contributed by atoms with Crippen molar-refractivity contribution in [2.75, 3.05) is 0 Å². The normalized spacial score (nSPS) is 22.6. The molecule has 25 heavy (non-hydrogen) atoms. The van der Waals surface area contributed by atoms with E-state index >= 15 is 0 Å². The van der Waals surface area contributed by atoms with Crippen LogP contribution in [0.2, 0.25) is 0 Å². The molecule has 1 aromatic rings. The van der Waals surface area contributed by atoms with Crippen LogP contribution < -0.4 is 16.4 Å². The minimum atomic E-state index is -0.572. The molecular weight excluding hydrogens is 320 g/mol. The molecule has 3 rings (SSSR count). The van der Waals surface area contributed by atoms with E-state index in [1.807, 2.05) is 32.0 Å². The Bertz CT molecular complexity index is 716. The average molecular weight is 344 g/mol. The summed E-state index contributed by atoms with van der Waals surface area (Å²) < 4.78 is 0. The molecule has 7 heteroatoms. The van der Waals surface area contributed by atoms with Crippen LogP contribution in [0, 0.1) is 0 Å². The quantitative estimate of drug-likeness (QED) is 0.665. The van der Waals surface area contributed by atoms with Crippen molar-refractivity contribution >= 4 is 17.7 Å². The van der Waals surface area contributed by atoms with E-state index in [4.69, 9.17) is 5.73 Å². The maximum Gasteiger partial charge on any atom is 0.255 e. The van der Waals surface area contributed by atoms with E-state index in [1.54, 1.807) is 4.90 Å². The number of hydrogen-bond donors (Lipinski definition) is 3. The Hall–Kier alpha value is -2.25. The number of fused-ring (bicyclic) bond motifs is 1. The summed E-state index contributed by atoms with van der Waals surface area (Å²) in [5, 5.41) is 5.68. The van der Waals surface area contributed by atoms with Gasteiger partial charge in [-0.15, -0.1) is 0 Å². The minimum Gasteiger partial charge on any atom is -0.327 e. The highest BCUT2D eigenvalue weighted by molar-refractivity contribution is 6.05. The number of nitrogens with zero attached hydrogens (tertiary/aromatic N) is 1. The Morgan fingerprint density at radius 2 is 2.08 bits per heavy atom. The zero-order valence-electron chi connectivity index (χ0n) is 14.5. The van der Waals surface area contributed by atoms with Crippen LogP contribution in [0.25, 0.3) is 0 Å². The first-order valence-corrected chi connectivity index (χ1v) is 8.62. The molecule has 4 N–H and O–H groups in total. The fraction of sp³-hybridized carbons (Fsp3) is 0.500. The number of piperidine rings is 1. The summed E-state index contributed by atoms with van der Waals surface area (Å²) in [5.74, 6) is -0.806. The lowest BCUT2D eigenvalue weighted by Gasteiger charge is -2.29. The molecule has 0 spiro atoms. The molecule has 7 nitrogen and oxygen atoms in total. The van der Waals surface area contributed by atoms with Gasteiger partial charge in [-0.1, -0.05) is 12.1 Å². The minimum absolute atomic E-state index is 0.0546. The van der Waals surface area contributed by atoms with E-state index in [-0.39, 0.29) is 36.2 Å². The lowest BCUT2D eigenvalue weighted by molar-refractivity contribution is -0.136. The topological polar surface area (TPSA) is 105 Å². The highest BCUT2D eigenvalue weighted by Crippen LogP contribution is 2.28. The number of hydrogen-bond acceptors (Lipinski definition) is 5. The standard InChI is InChI=1S/C18H24N4O3/c1-10(19)11(2)20-8-12-3-4-14-13(7-12)9-22(18(14)25)15-5-6-16(23)21-17(15)24/h3-4,7,10-11,15,20H,5-6,8-9,19H2,1-2H3,(H,21,23,24)/t10-,11+,15?/m1/s1. The predicted octanol–water partition coefficient (Wildman–Crippen LogP) is 0.273. The predicted molar refractivity (Wildman–Crippen MR) is 92.4 cm³/mol. The third-order valence-corrected chi connectivity index (χ3v) is 5.00. The number of carbonyl (C=O) groups is 3. The average Bonchev–Trinajstić information content (AvgIpc) is 2.88. The maximum absolute atomic E-state index is 12.6. The molecule has 0 bridgehead atoms. The summed E-state index contributed by atoms with van der Waals surface area (Å²) in [4.78, 5) is 37.5. The smallest absolute Gasteiger partial charge is 0.255 e. The van der Waals surface area contributed by atoms with Crippen molar-refractivity contribution < 1.29 is 14.4 Å². The van der Waals surface area contributed by atoms with Crippen molar-refractivity contribution in [3.05, 3.63) is 34.9 Å². The molecule has 2 heterocycles. The third kappa shape index (κ3) is 3.57. The zero-order valence-corrected chi connectivity index (χ0v) is 14.5. The summed E-state index contributed by atoms with van der Waals surface area (Å²) in [6, 6.07) is 5.41. The van der Waals surface area contributed by atoms with E-state index in [0.29, 0.717) is 25.1 Å². The Kier molecular flexibility index (Phi) is 4.87. The number of amides is 3. The second-order valence-corrected chi connectivity index (χ2v) is 6.92. The van der Waals surface area contributed by atoms with Crippen molar-refractivity contribution in [1.82, 2.24) is 15.5 Å². The van der Waals surface area contributed by atoms with Crippen molar-refractivity contribution in [2.24, 2.45) is 5.73 Å². The van der Waals surface area contributed by atoms with E-state index < -0.39 is 6.04 Å². The molecular formula is C18H24N4O3. The third-order valence-electron chi connectivity index (χ3n) is 5.00. The van der Waals surface area contributed by atoms with Gasteiger partial charge in [-0.05, 0) is 37.5 Å². The first-order valence-electron chi connectivity index (χ1n) is 8.62. The molecule has 3 amide bonds. The first kappa shape index (κ1) is 17.6. The highest BCUT2D eigenvalue weighted by Gasteiger charge is 2.38. The van der Waals surface area contributed by atoms with Gasteiger partial charge in [0.2, 0.25) is 11.8 Å². The van der Waals surface area contributed by atoms with Gasteiger partial charge in [0.05, 0.1) is 0 Å². The van der Waals surface area contributed by atoms with E-state index in [9.17, 15) is 14.4 Å². The van der Waals surface area contributed by atoms with Crippen molar-refractivity contribution in [3.63, 3.8) is 0 Å². The second kappa shape index (κ2) is 6.93. The van der Waals surface area contributed by atoms with Crippen LogP contribution in [0.3, 0.4) is 0 Å². The number of imide groups is 1. The highest BCUT2D eigenvalue weighted by atomic mass is 16.2. The molecule has 1 aromatic carbocycles. The zero-order chi connectivity index (χ0) is 18.1. The Morgan fingerprint density at radius 3 is 2.76 bits per heavy atom. The Balaban J connectivity index is 1.71. The van der Waals surface area contributed by atoms with Crippen LogP contribution >= 0.6 is 0 Å². The van der Waals surface area contributed by atoms with Crippen molar-refractivity contribution in [3.8, 4) is 0 Å². The Morgan fingerprint density at radius 1 is 1.32 bits per heavy atom. The number of rotatable bonds is 5. The summed E-state index contributed by atoms with van der Waals surface area (Å²) in [6.45, 7) is 5.06. The number of nitrogens with two attached hydrogens (primary N) is 1. The summed E-state index contributed by atoms with van der Waals surface area (Å²) in [6.07, 6.45) is 0.644. The van der Waals surface area contributed by atoms with Crippen molar-refractivity contribution in [1.29, 1.82) is 0 Å². The maximum atomic E-state index is 12.6. The van der Waals surface area contributed by atoms with Crippen LogP contribution in [-0.2, 0) is 22.7 Å². The molecule has 2 aliphatic heterocycles. The molecule has 0 aliphatic carbocycles. The molecule has 1 saturated heterocycles. The molecule has 0 aromatic heterocycles. The molecule has 134 valence electrons. The van der Waals surface area contributed by atoms with Gasteiger partial charge >= 0.3 is 0 Å². The van der Waals surface area contributed by atoms with E-state index in [0.717, 1.165) is 11.1 Å². The fourth-order valence-corrected chi connectivity index (χ4v) is 3.20. The van der Waals surface area contributed by atoms with Crippen molar-refractivity contribution in [2.45, 2.75) is 57.9 Å². The van der Waals surface area contributed by atoms with Crippen LogP contribution in [0.15, 0.2) is 18.2 Å². The van der Waals surface area contributed by atoms with Gasteiger partial charge in [0.1, 0.15) is 6.04 Å². The molecule has 1 unspecified atom stereocenters. The fourth-order valence-electron chi connectivity index (χ4n) is 3.20. The van der Waals surface area contributed by atoms with Crippen LogP contribution in [-0.4, -0.2) is 40.7 Å². The van der Waals surface area contributed by atoms with Gasteiger partial charge < -0.3 is 16.0 Å². The summed E-state index contributed by atoms with van der Waals surface area (Å²) in [5.41, 5.74) is 8.48. The van der Waals surface area contributed by atoms with Gasteiger partial charge in [0.25, 0.3) is 5.91 Å². The second-order valence-electron chi connectivity index (χ2n) is 6.92. The largest absolute Gasteiger partial charge is 0.327 e. The number of benzene rings is 1. The lowest BCUT2D eigenvalue weighted by Crippen LogP contribution is -2.52. The van der Waals surface area contributed by atoms with E-state index in [2.05, 4.69) is 10.6 Å². The van der Waals surface area contributed by atoms with E-state index in [1.165, 1.54) is 0 Å². The van der Waals surface area contributed by atoms with Crippen LogP contribution in [0.1, 0.15) is 48.2 Å². The van der Waals surface area contributed by atoms with Crippen LogP contribution in [0.5, 0.6) is 0 Å². The SMILES string of the molecule is C[C@H](NCc1ccc2c(c1)CN(C1CCC(=O)NC1=O)C2=O)[C@@H](C)N. The number of nitrogens with one attached hydrogen (secondary N) is 2. The molecule has 3 atom stereocenters. The van der Waals surface area contributed by atoms with Gasteiger partial charge in [0.15, 0.2) is 0 Å². The van der Waals surface area contributed by atoms with Gasteiger partial charge in [-0.3, -0.25) is 19.7 Å².